The number of aromatic amines is 1. The van der Waals surface area contributed by atoms with Gasteiger partial charge in [-0.05, 0) is 29.3 Å². The highest BCUT2D eigenvalue weighted by molar-refractivity contribution is 5.90. The van der Waals surface area contributed by atoms with Crippen molar-refractivity contribution in [1.29, 1.82) is 0 Å². The maximum Gasteiger partial charge on any atom is 0.338 e. The number of carbonyl (C=O) groups excluding carboxylic acids is 2. The normalized spacial score (nSPS) is 17.2. The summed E-state index contributed by atoms with van der Waals surface area (Å²) >= 11 is 0. The number of nitrogens with zero attached hydrogens (tertiary/aromatic N) is 2. The lowest BCUT2D eigenvalue weighted by molar-refractivity contribution is -0.384. The zero-order chi connectivity index (χ0) is 25.9. The molecule has 0 amide bonds. The van der Waals surface area contributed by atoms with E-state index in [0.717, 1.165) is 27.7 Å². The summed E-state index contributed by atoms with van der Waals surface area (Å²) in [6, 6.07) is 21.9. The number of aromatic nitrogens is 1. The number of ether oxygens (including phenoxy) is 2. The zero-order valence-electron chi connectivity index (χ0n) is 20.1. The third-order valence-corrected chi connectivity index (χ3v) is 6.75. The second-order valence-corrected chi connectivity index (χ2v) is 8.88. The van der Waals surface area contributed by atoms with Gasteiger partial charge >= 0.3 is 11.9 Å². The standard InChI is InChI=1S/C28H25N3O6/c1-36-28(33)24-15-22-21-9-5-6-10-23(21)29-26(22)25(30(24)16-18-7-3-2-4-8-18)17-37-27(32)19-11-13-20(14-12-19)31(34)35/h2-14,24-25,29H,15-17H2,1H3/t24-,25+/m0/s1. The molecule has 3 aromatic carbocycles. The van der Waals surface area contributed by atoms with Gasteiger partial charge in [-0.15, -0.1) is 0 Å². The van der Waals surface area contributed by atoms with Crippen LogP contribution in [-0.2, 0) is 27.2 Å². The predicted molar refractivity (Wildman–Crippen MR) is 136 cm³/mol. The number of H-pyrrole nitrogens is 1. The number of rotatable bonds is 7. The fourth-order valence-electron chi connectivity index (χ4n) is 4.92. The maximum absolute atomic E-state index is 13.0. The van der Waals surface area contributed by atoms with Crippen molar-refractivity contribution >= 4 is 28.5 Å². The van der Waals surface area contributed by atoms with E-state index in [-0.39, 0.29) is 23.8 Å². The molecule has 9 nitrogen and oxygen atoms in total. The van der Waals surface area contributed by atoms with Gasteiger partial charge in [0.25, 0.3) is 5.69 Å². The number of carbonyl (C=O) groups is 2. The van der Waals surface area contributed by atoms with E-state index >= 15 is 0 Å². The smallest absolute Gasteiger partial charge is 0.338 e. The van der Waals surface area contributed by atoms with Gasteiger partial charge in [-0.3, -0.25) is 19.8 Å². The molecule has 0 spiro atoms. The van der Waals surface area contributed by atoms with Gasteiger partial charge in [-0.2, -0.15) is 0 Å². The van der Waals surface area contributed by atoms with Crippen molar-refractivity contribution in [2.45, 2.75) is 25.0 Å². The molecule has 37 heavy (non-hydrogen) atoms. The number of non-ortho nitro benzene ring substituents is 1. The molecule has 1 aliphatic heterocycles. The minimum absolute atomic E-state index is 0.0318. The van der Waals surface area contributed by atoms with Crippen LogP contribution in [0.3, 0.4) is 0 Å². The molecule has 5 rings (SSSR count). The number of methoxy groups -OCH3 is 1. The van der Waals surface area contributed by atoms with Gasteiger partial charge in [0.15, 0.2) is 0 Å². The minimum atomic E-state index is -0.604. The summed E-state index contributed by atoms with van der Waals surface area (Å²) in [5.41, 5.74) is 3.91. The molecular formula is C28H25N3O6. The van der Waals surface area contributed by atoms with Gasteiger partial charge < -0.3 is 14.5 Å². The van der Waals surface area contributed by atoms with E-state index < -0.39 is 23.0 Å². The molecule has 2 heterocycles. The molecule has 1 aromatic heterocycles. The minimum Gasteiger partial charge on any atom is -0.468 e. The molecule has 4 aromatic rings. The van der Waals surface area contributed by atoms with E-state index in [2.05, 4.69) is 4.98 Å². The van der Waals surface area contributed by atoms with Gasteiger partial charge in [-0.1, -0.05) is 48.5 Å². The van der Waals surface area contributed by atoms with E-state index in [4.69, 9.17) is 9.47 Å². The molecular weight excluding hydrogens is 474 g/mol. The lowest BCUT2D eigenvalue weighted by Gasteiger charge is -2.40. The topological polar surface area (TPSA) is 115 Å². The van der Waals surface area contributed by atoms with Crippen molar-refractivity contribution in [2.24, 2.45) is 0 Å². The van der Waals surface area contributed by atoms with Crippen molar-refractivity contribution < 1.29 is 24.0 Å². The first-order chi connectivity index (χ1) is 18.0. The average molecular weight is 500 g/mol. The van der Waals surface area contributed by atoms with E-state index in [1.54, 1.807) is 0 Å². The van der Waals surface area contributed by atoms with Crippen molar-refractivity contribution in [3.63, 3.8) is 0 Å². The number of nitro groups is 1. The van der Waals surface area contributed by atoms with E-state index in [1.807, 2.05) is 59.5 Å². The lowest BCUT2D eigenvalue weighted by atomic mass is 9.91. The van der Waals surface area contributed by atoms with Gasteiger partial charge in [0, 0.05) is 41.7 Å². The summed E-state index contributed by atoms with van der Waals surface area (Å²) in [5.74, 6) is -0.967. The number of benzene rings is 3. The Hall–Kier alpha value is -4.50. The Kier molecular flexibility index (Phi) is 6.70. The molecule has 1 N–H and O–H groups in total. The SMILES string of the molecule is COC(=O)[C@@H]1Cc2c([nH]c3ccccc23)[C@@H](COC(=O)c2ccc([N+](=O)[O-])cc2)N1Cc1ccccc1. The quantitative estimate of drug-likeness (QED) is 0.225. The molecule has 9 heteroatoms. The van der Waals surface area contributed by atoms with Crippen LogP contribution in [0.4, 0.5) is 5.69 Å². The molecule has 0 fully saturated rings. The summed E-state index contributed by atoms with van der Waals surface area (Å²) in [7, 11) is 1.37. The summed E-state index contributed by atoms with van der Waals surface area (Å²) in [5, 5.41) is 12.0. The Morgan fingerprint density at radius 2 is 1.73 bits per heavy atom. The first-order valence-corrected chi connectivity index (χ1v) is 11.8. The molecule has 1 aliphatic rings. The molecule has 0 radical (unpaired) electrons. The third kappa shape index (κ3) is 4.81. The second kappa shape index (κ2) is 10.2. The lowest BCUT2D eigenvalue weighted by Crippen LogP contribution is -2.49. The number of esters is 2. The molecule has 0 aliphatic carbocycles. The third-order valence-electron chi connectivity index (χ3n) is 6.75. The number of fused-ring (bicyclic) bond motifs is 3. The van der Waals surface area contributed by atoms with Gasteiger partial charge in [-0.25, -0.2) is 4.79 Å². The van der Waals surface area contributed by atoms with Crippen LogP contribution < -0.4 is 0 Å². The predicted octanol–water partition coefficient (Wildman–Crippen LogP) is 4.57. The van der Waals surface area contributed by atoms with Crippen LogP contribution >= 0.6 is 0 Å². The van der Waals surface area contributed by atoms with Crippen molar-refractivity contribution in [1.82, 2.24) is 9.88 Å². The summed E-state index contributed by atoms with van der Waals surface area (Å²) in [6.07, 6.45) is 0.450. The Bertz CT molecular complexity index is 1450. The molecule has 0 saturated heterocycles. The van der Waals surface area contributed by atoms with E-state index in [1.165, 1.54) is 31.4 Å². The Balaban J connectivity index is 1.50. The van der Waals surface area contributed by atoms with Crippen LogP contribution in [0.25, 0.3) is 10.9 Å². The first-order valence-electron chi connectivity index (χ1n) is 11.8. The fourth-order valence-corrected chi connectivity index (χ4v) is 4.92. The first kappa shape index (κ1) is 24.2. The monoisotopic (exact) mass is 499 g/mol. The fraction of sp³-hybridized carbons (Fsp3) is 0.214. The highest BCUT2D eigenvalue weighted by atomic mass is 16.6. The van der Waals surface area contributed by atoms with Crippen LogP contribution in [0.15, 0.2) is 78.9 Å². The van der Waals surface area contributed by atoms with Crippen LogP contribution in [0.2, 0.25) is 0 Å². The van der Waals surface area contributed by atoms with E-state index in [9.17, 15) is 19.7 Å². The second-order valence-electron chi connectivity index (χ2n) is 8.88. The largest absolute Gasteiger partial charge is 0.468 e. The zero-order valence-corrected chi connectivity index (χ0v) is 20.1. The average Bonchev–Trinajstić information content (AvgIpc) is 3.30. The van der Waals surface area contributed by atoms with Crippen LogP contribution in [0.1, 0.15) is 33.2 Å². The maximum atomic E-state index is 13.0. The van der Waals surface area contributed by atoms with Gasteiger partial charge in [0.05, 0.1) is 23.6 Å². The van der Waals surface area contributed by atoms with Crippen molar-refractivity contribution in [3.8, 4) is 0 Å². The summed E-state index contributed by atoms with van der Waals surface area (Å²) < 4.78 is 10.9. The Morgan fingerprint density at radius 1 is 1.03 bits per heavy atom. The van der Waals surface area contributed by atoms with Crippen LogP contribution in [-0.4, -0.2) is 46.5 Å². The molecule has 0 bridgehead atoms. The molecule has 0 saturated carbocycles. The number of nitrogens with one attached hydrogen (secondary N) is 1. The van der Waals surface area contributed by atoms with Gasteiger partial charge in [0.1, 0.15) is 12.6 Å². The number of hydrogen-bond donors (Lipinski definition) is 1. The van der Waals surface area contributed by atoms with Crippen molar-refractivity contribution in [2.75, 3.05) is 13.7 Å². The number of para-hydroxylation sites is 1. The molecule has 0 unspecified atom stereocenters. The van der Waals surface area contributed by atoms with Crippen LogP contribution in [0.5, 0.6) is 0 Å². The summed E-state index contributed by atoms with van der Waals surface area (Å²) in [6.45, 7) is 0.408. The van der Waals surface area contributed by atoms with Crippen molar-refractivity contribution in [3.05, 3.63) is 111 Å². The Morgan fingerprint density at radius 3 is 2.43 bits per heavy atom. The summed E-state index contributed by atoms with van der Waals surface area (Å²) in [4.78, 5) is 41.8. The number of hydrogen-bond acceptors (Lipinski definition) is 7. The highest BCUT2D eigenvalue weighted by Crippen LogP contribution is 2.39. The number of nitro benzene ring substituents is 1. The molecule has 2 atom stereocenters. The van der Waals surface area contributed by atoms with Gasteiger partial charge in [0.2, 0.25) is 0 Å². The Labute approximate surface area is 212 Å². The van der Waals surface area contributed by atoms with E-state index in [0.29, 0.717) is 13.0 Å². The molecule has 188 valence electrons. The van der Waals surface area contributed by atoms with Crippen LogP contribution in [0, 0.1) is 10.1 Å². The highest BCUT2D eigenvalue weighted by Gasteiger charge is 2.41.